The van der Waals surface area contributed by atoms with Gasteiger partial charge in [0.1, 0.15) is 5.78 Å². The standard InChI is InChI=1S/C20H28O3/c1-3-20-11-19(2,23)18-14-7-5-13(21)10-12(14)4-6-15(18)16(20)8-9-17(20)22/h10,14-16,18,23H,3-9,11H2,1-2H3/t14?,15?,16?,18?,19-,20-/m0/s1. The van der Waals surface area contributed by atoms with Gasteiger partial charge in [0.15, 0.2) is 5.78 Å². The highest BCUT2D eigenvalue weighted by Crippen LogP contribution is 2.64. The molecule has 0 radical (unpaired) electrons. The maximum absolute atomic E-state index is 12.7. The summed E-state index contributed by atoms with van der Waals surface area (Å²) in [6.45, 7) is 4.09. The summed E-state index contributed by atoms with van der Waals surface area (Å²) in [5, 5.41) is 11.4. The summed E-state index contributed by atoms with van der Waals surface area (Å²) in [5.41, 5.74) is 0.203. The molecule has 0 aromatic rings. The van der Waals surface area contributed by atoms with E-state index in [1.54, 1.807) is 0 Å². The molecule has 4 rings (SSSR count). The van der Waals surface area contributed by atoms with E-state index in [-0.39, 0.29) is 17.1 Å². The van der Waals surface area contributed by atoms with E-state index >= 15 is 0 Å². The molecule has 0 aliphatic heterocycles. The largest absolute Gasteiger partial charge is 0.390 e. The molecule has 0 amide bonds. The minimum Gasteiger partial charge on any atom is -0.390 e. The average molecular weight is 316 g/mol. The third-order valence-electron chi connectivity index (χ3n) is 7.67. The molecule has 0 saturated heterocycles. The number of carbonyl (C=O) groups is 2. The molecule has 6 atom stereocenters. The van der Waals surface area contributed by atoms with Gasteiger partial charge in [-0.1, -0.05) is 12.5 Å². The molecule has 23 heavy (non-hydrogen) atoms. The van der Waals surface area contributed by atoms with Crippen LogP contribution in [0.5, 0.6) is 0 Å². The number of allylic oxidation sites excluding steroid dienone is 1. The zero-order chi connectivity index (χ0) is 16.4. The summed E-state index contributed by atoms with van der Waals surface area (Å²) in [5.74, 6) is 2.12. The second-order valence-corrected chi connectivity index (χ2v) is 8.67. The molecule has 3 fully saturated rings. The zero-order valence-corrected chi connectivity index (χ0v) is 14.3. The second-order valence-electron chi connectivity index (χ2n) is 8.67. The van der Waals surface area contributed by atoms with Crippen LogP contribution >= 0.6 is 0 Å². The van der Waals surface area contributed by atoms with Crippen LogP contribution in [0.25, 0.3) is 0 Å². The van der Waals surface area contributed by atoms with Gasteiger partial charge in [0.25, 0.3) is 0 Å². The van der Waals surface area contributed by atoms with E-state index in [0.717, 1.165) is 32.1 Å². The van der Waals surface area contributed by atoms with Crippen LogP contribution in [-0.4, -0.2) is 22.3 Å². The molecule has 0 spiro atoms. The van der Waals surface area contributed by atoms with Gasteiger partial charge in [-0.3, -0.25) is 9.59 Å². The van der Waals surface area contributed by atoms with Gasteiger partial charge in [-0.2, -0.15) is 0 Å². The van der Waals surface area contributed by atoms with Crippen LogP contribution < -0.4 is 0 Å². The molecule has 0 heterocycles. The molecular formula is C20H28O3. The van der Waals surface area contributed by atoms with Crippen LogP contribution in [0.2, 0.25) is 0 Å². The van der Waals surface area contributed by atoms with Crippen molar-refractivity contribution in [3.63, 3.8) is 0 Å². The fourth-order valence-corrected chi connectivity index (χ4v) is 6.91. The van der Waals surface area contributed by atoms with Gasteiger partial charge >= 0.3 is 0 Å². The first-order valence-corrected chi connectivity index (χ1v) is 9.38. The van der Waals surface area contributed by atoms with E-state index < -0.39 is 5.60 Å². The number of hydrogen-bond donors (Lipinski definition) is 1. The number of hydrogen-bond acceptors (Lipinski definition) is 3. The van der Waals surface area contributed by atoms with Crippen molar-refractivity contribution in [1.82, 2.24) is 0 Å². The minimum absolute atomic E-state index is 0.228. The fraction of sp³-hybridized carbons (Fsp3) is 0.800. The van der Waals surface area contributed by atoms with Crippen LogP contribution in [0.15, 0.2) is 11.6 Å². The second kappa shape index (κ2) is 5.02. The highest BCUT2D eigenvalue weighted by Gasteiger charge is 2.63. The van der Waals surface area contributed by atoms with Crippen LogP contribution in [0.1, 0.15) is 65.2 Å². The molecule has 3 saturated carbocycles. The first-order chi connectivity index (χ1) is 10.9. The van der Waals surface area contributed by atoms with Gasteiger partial charge in [0.2, 0.25) is 0 Å². The number of carbonyl (C=O) groups excluding carboxylic acids is 2. The number of rotatable bonds is 1. The van der Waals surface area contributed by atoms with Gasteiger partial charge in [0, 0.05) is 18.3 Å². The Labute approximate surface area is 138 Å². The Hall–Kier alpha value is -0.960. The Morgan fingerprint density at radius 3 is 2.70 bits per heavy atom. The van der Waals surface area contributed by atoms with Crippen molar-refractivity contribution in [3.05, 3.63) is 11.6 Å². The smallest absolute Gasteiger partial charge is 0.155 e. The lowest BCUT2D eigenvalue weighted by atomic mass is 9.47. The highest BCUT2D eigenvalue weighted by molar-refractivity contribution is 5.91. The molecule has 0 bridgehead atoms. The van der Waals surface area contributed by atoms with Crippen LogP contribution in [0.3, 0.4) is 0 Å². The SMILES string of the molecule is CC[C@]12C[C@](C)(O)C3C4CCC(=O)C=C4CCC3C1CCC2=O. The van der Waals surface area contributed by atoms with Crippen LogP contribution in [0.4, 0.5) is 0 Å². The summed E-state index contributed by atoms with van der Waals surface area (Å²) >= 11 is 0. The van der Waals surface area contributed by atoms with E-state index in [0.29, 0.717) is 42.8 Å². The van der Waals surface area contributed by atoms with E-state index in [4.69, 9.17) is 0 Å². The predicted octanol–water partition coefficient (Wildman–Crippen LogP) is 3.45. The van der Waals surface area contributed by atoms with E-state index in [9.17, 15) is 14.7 Å². The molecule has 4 aliphatic carbocycles. The molecular weight excluding hydrogens is 288 g/mol. The van der Waals surface area contributed by atoms with Crippen LogP contribution in [0, 0.1) is 29.1 Å². The van der Waals surface area contributed by atoms with Crippen molar-refractivity contribution in [1.29, 1.82) is 0 Å². The average Bonchev–Trinajstić information content (AvgIpc) is 2.83. The maximum Gasteiger partial charge on any atom is 0.155 e. The Kier molecular flexibility index (Phi) is 3.39. The minimum atomic E-state index is -0.790. The Balaban J connectivity index is 1.76. The Bertz CT molecular complexity index is 588. The number of fused-ring (bicyclic) bond motifs is 5. The first-order valence-electron chi connectivity index (χ1n) is 9.38. The molecule has 126 valence electrons. The molecule has 4 aliphatic rings. The summed E-state index contributed by atoms with van der Waals surface area (Å²) in [6, 6.07) is 0. The summed E-state index contributed by atoms with van der Waals surface area (Å²) in [7, 11) is 0. The molecule has 0 aromatic heterocycles. The summed E-state index contributed by atoms with van der Waals surface area (Å²) < 4.78 is 0. The summed E-state index contributed by atoms with van der Waals surface area (Å²) in [4.78, 5) is 24.5. The summed E-state index contributed by atoms with van der Waals surface area (Å²) in [6.07, 6.45) is 8.59. The van der Waals surface area contributed by atoms with E-state index in [2.05, 4.69) is 6.92 Å². The quantitative estimate of drug-likeness (QED) is 0.806. The molecule has 0 aromatic carbocycles. The Morgan fingerprint density at radius 1 is 1.17 bits per heavy atom. The molecule has 1 N–H and O–H groups in total. The first kappa shape index (κ1) is 15.6. The monoisotopic (exact) mass is 316 g/mol. The van der Waals surface area contributed by atoms with Crippen molar-refractivity contribution in [3.8, 4) is 0 Å². The van der Waals surface area contributed by atoms with E-state index in [1.165, 1.54) is 5.57 Å². The zero-order valence-electron chi connectivity index (χ0n) is 14.3. The van der Waals surface area contributed by atoms with Gasteiger partial charge in [0.05, 0.1) is 5.60 Å². The lowest BCUT2D eigenvalue weighted by Crippen LogP contribution is -2.59. The van der Waals surface area contributed by atoms with E-state index in [1.807, 2.05) is 13.0 Å². The van der Waals surface area contributed by atoms with Gasteiger partial charge < -0.3 is 5.11 Å². The molecule has 3 heteroatoms. The maximum atomic E-state index is 12.7. The third-order valence-corrected chi connectivity index (χ3v) is 7.67. The topological polar surface area (TPSA) is 54.4 Å². The molecule has 4 unspecified atom stereocenters. The van der Waals surface area contributed by atoms with Gasteiger partial charge in [-0.25, -0.2) is 0 Å². The number of ketones is 2. The third kappa shape index (κ3) is 2.05. The number of aliphatic hydroxyl groups is 1. The molecule has 3 nitrogen and oxygen atoms in total. The van der Waals surface area contributed by atoms with Crippen LogP contribution in [-0.2, 0) is 9.59 Å². The van der Waals surface area contributed by atoms with Crippen molar-refractivity contribution in [2.75, 3.05) is 0 Å². The van der Waals surface area contributed by atoms with Gasteiger partial charge in [-0.15, -0.1) is 0 Å². The lowest BCUT2D eigenvalue weighted by molar-refractivity contribution is -0.168. The van der Waals surface area contributed by atoms with Crippen molar-refractivity contribution >= 4 is 11.6 Å². The van der Waals surface area contributed by atoms with Crippen molar-refractivity contribution < 1.29 is 14.7 Å². The Morgan fingerprint density at radius 2 is 1.96 bits per heavy atom. The number of Topliss-reactive ketones (excluding diaryl/α,β-unsaturated/α-hetero) is 1. The predicted molar refractivity (Wildman–Crippen MR) is 87.7 cm³/mol. The highest BCUT2D eigenvalue weighted by atomic mass is 16.3. The fourth-order valence-electron chi connectivity index (χ4n) is 6.91. The lowest BCUT2D eigenvalue weighted by Gasteiger charge is -2.59. The van der Waals surface area contributed by atoms with Crippen molar-refractivity contribution in [2.24, 2.45) is 29.1 Å². The normalized spacial score (nSPS) is 49.3. The van der Waals surface area contributed by atoms with Crippen molar-refractivity contribution in [2.45, 2.75) is 70.8 Å². The van der Waals surface area contributed by atoms with Gasteiger partial charge in [-0.05, 0) is 75.2 Å².